The zero-order valence-corrected chi connectivity index (χ0v) is 24.8. The van der Waals surface area contributed by atoms with Crippen LogP contribution in [0, 0.1) is 5.82 Å². The average molecular weight is 584 g/mol. The van der Waals surface area contributed by atoms with Gasteiger partial charge >= 0.3 is 0 Å². The molecule has 0 saturated carbocycles. The van der Waals surface area contributed by atoms with Crippen LogP contribution in [0.15, 0.2) is 36.4 Å². The van der Waals surface area contributed by atoms with E-state index in [0.717, 1.165) is 75.9 Å². The number of rotatable bonds is 7. The van der Waals surface area contributed by atoms with Gasteiger partial charge in [-0.3, -0.25) is 4.79 Å². The van der Waals surface area contributed by atoms with Crippen molar-refractivity contribution in [2.75, 3.05) is 75.2 Å². The molecule has 0 spiro atoms. The van der Waals surface area contributed by atoms with E-state index in [0.29, 0.717) is 50.1 Å². The SMILES string of the molecule is CC1(O)CCN(c2cc(C(=O)N3CCC(Oc4cc(F)cc(N5CC[NH2+]CC5)c4)CC3)ccc2O[C@H]2CC[NH2+]C2)CC1. The second kappa shape index (κ2) is 12.7. The fraction of sp³-hybridized carbons (Fsp3) is 0.594. The molecule has 2 aromatic carbocycles. The van der Waals surface area contributed by atoms with Crippen LogP contribution in [0.2, 0.25) is 0 Å². The number of hydrogen-bond acceptors (Lipinski definition) is 6. The van der Waals surface area contributed by atoms with Gasteiger partial charge in [-0.05, 0) is 44.0 Å². The highest BCUT2D eigenvalue weighted by molar-refractivity contribution is 5.95. The summed E-state index contributed by atoms with van der Waals surface area (Å²) < 4.78 is 27.1. The number of nitrogens with two attached hydrogens (primary N) is 2. The first kappa shape index (κ1) is 29.0. The van der Waals surface area contributed by atoms with Gasteiger partial charge in [0.25, 0.3) is 5.91 Å². The van der Waals surface area contributed by atoms with Crippen LogP contribution < -0.4 is 29.9 Å². The van der Waals surface area contributed by atoms with Gasteiger partial charge in [-0.25, -0.2) is 4.39 Å². The fourth-order valence-corrected chi connectivity index (χ4v) is 6.60. The molecule has 42 heavy (non-hydrogen) atoms. The molecule has 1 atom stereocenters. The zero-order valence-electron chi connectivity index (χ0n) is 24.8. The van der Waals surface area contributed by atoms with Gasteiger partial charge in [0.2, 0.25) is 0 Å². The summed E-state index contributed by atoms with van der Waals surface area (Å²) in [6.07, 6.45) is 3.88. The van der Waals surface area contributed by atoms with Crippen molar-refractivity contribution in [1.82, 2.24) is 4.90 Å². The molecule has 4 saturated heterocycles. The zero-order chi connectivity index (χ0) is 29.1. The lowest BCUT2D eigenvalue weighted by Crippen LogP contribution is -2.89. The van der Waals surface area contributed by atoms with E-state index in [9.17, 15) is 14.3 Å². The van der Waals surface area contributed by atoms with Crippen molar-refractivity contribution in [3.05, 3.63) is 47.8 Å². The number of carbonyl (C=O) groups is 1. The van der Waals surface area contributed by atoms with E-state index in [1.54, 1.807) is 6.07 Å². The molecule has 4 fully saturated rings. The first-order valence-corrected chi connectivity index (χ1v) is 15.8. The Balaban J connectivity index is 1.10. The Bertz CT molecular complexity index is 1230. The standard InChI is InChI=1S/C32H44FN5O4/c1-32(40)7-14-37(15-8-32)29-18-23(2-3-30(29)42-27-4-9-35-22-27)31(39)38-12-5-26(6-13-38)41-28-20-24(33)19-25(21-28)36-16-10-34-11-17-36/h2-3,18-21,26-27,34-35,40H,4-17,22H2,1H3/p+2/t27-/m0/s1. The van der Waals surface area contributed by atoms with Crippen molar-refractivity contribution < 1.29 is 34.4 Å². The van der Waals surface area contributed by atoms with Gasteiger partial charge in [-0.15, -0.1) is 0 Å². The Morgan fingerprint density at radius 3 is 2.36 bits per heavy atom. The highest BCUT2D eigenvalue weighted by Gasteiger charge is 2.31. The molecule has 0 unspecified atom stereocenters. The fourth-order valence-electron chi connectivity index (χ4n) is 6.60. The third kappa shape index (κ3) is 6.93. The molecule has 6 rings (SSSR count). The minimum absolute atomic E-state index is 0.00870. The lowest BCUT2D eigenvalue weighted by atomic mass is 9.93. The summed E-state index contributed by atoms with van der Waals surface area (Å²) in [5.41, 5.74) is 1.81. The van der Waals surface area contributed by atoms with E-state index in [2.05, 4.69) is 20.4 Å². The van der Waals surface area contributed by atoms with Gasteiger partial charge in [0, 0.05) is 68.8 Å². The van der Waals surface area contributed by atoms with Crippen LogP contribution in [0.1, 0.15) is 49.4 Å². The summed E-state index contributed by atoms with van der Waals surface area (Å²) in [6.45, 7) is 10.3. The van der Waals surface area contributed by atoms with Gasteiger partial charge in [0.1, 0.15) is 30.0 Å². The van der Waals surface area contributed by atoms with Crippen LogP contribution in [-0.4, -0.2) is 99.2 Å². The Hall–Kier alpha value is -3.08. The molecular weight excluding hydrogens is 537 g/mol. The molecule has 0 radical (unpaired) electrons. The molecule has 10 heteroatoms. The molecule has 0 bridgehead atoms. The van der Waals surface area contributed by atoms with Gasteiger partial charge in [0.05, 0.1) is 44.0 Å². The maximum Gasteiger partial charge on any atom is 0.253 e. The maximum absolute atomic E-state index is 14.4. The molecule has 1 amide bonds. The summed E-state index contributed by atoms with van der Waals surface area (Å²) in [4.78, 5) is 20.0. The lowest BCUT2D eigenvalue weighted by Gasteiger charge is -2.38. The number of nitrogens with zero attached hydrogens (tertiary/aromatic N) is 3. The van der Waals surface area contributed by atoms with Crippen molar-refractivity contribution in [3.63, 3.8) is 0 Å². The van der Waals surface area contributed by atoms with Crippen LogP contribution in [-0.2, 0) is 0 Å². The summed E-state index contributed by atoms with van der Waals surface area (Å²) in [5.74, 6) is 1.10. The average Bonchev–Trinajstić information content (AvgIpc) is 3.51. The minimum Gasteiger partial charge on any atom is -0.490 e. The number of ether oxygens (including phenoxy) is 2. The van der Waals surface area contributed by atoms with Gasteiger partial charge in [-0.2, -0.15) is 0 Å². The number of hydrogen-bond donors (Lipinski definition) is 3. The predicted octanol–water partition coefficient (Wildman–Crippen LogP) is 0.958. The molecular formula is C32H46FN5O4+2. The number of aliphatic hydroxyl groups is 1. The monoisotopic (exact) mass is 583 g/mol. The van der Waals surface area contributed by atoms with Crippen LogP contribution in [0.3, 0.4) is 0 Å². The molecule has 0 aromatic heterocycles. The summed E-state index contributed by atoms with van der Waals surface area (Å²) >= 11 is 0. The van der Waals surface area contributed by atoms with E-state index < -0.39 is 5.60 Å². The van der Waals surface area contributed by atoms with E-state index in [4.69, 9.17) is 9.47 Å². The third-order valence-corrected chi connectivity index (χ3v) is 9.26. The van der Waals surface area contributed by atoms with Gasteiger partial charge < -0.3 is 39.9 Å². The van der Waals surface area contributed by atoms with E-state index in [-0.39, 0.29) is 23.9 Å². The molecule has 228 valence electrons. The third-order valence-electron chi connectivity index (χ3n) is 9.26. The van der Waals surface area contributed by atoms with E-state index >= 15 is 0 Å². The molecule has 4 aliphatic heterocycles. The van der Waals surface area contributed by atoms with E-state index in [1.807, 2.05) is 36.1 Å². The first-order chi connectivity index (χ1) is 20.3. The molecule has 4 aliphatic rings. The van der Waals surface area contributed by atoms with Gasteiger partial charge in [0.15, 0.2) is 6.10 Å². The number of amides is 1. The molecule has 4 heterocycles. The highest BCUT2D eigenvalue weighted by atomic mass is 19.1. The quantitative estimate of drug-likeness (QED) is 0.449. The number of piperidine rings is 2. The Morgan fingerprint density at radius 2 is 1.64 bits per heavy atom. The number of piperazine rings is 1. The number of likely N-dealkylation sites (tertiary alicyclic amines) is 1. The predicted molar refractivity (Wildman–Crippen MR) is 159 cm³/mol. The Kier molecular flexibility index (Phi) is 8.74. The minimum atomic E-state index is -0.656. The van der Waals surface area contributed by atoms with Crippen LogP contribution in [0.5, 0.6) is 11.5 Å². The second-order valence-corrected chi connectivity index (χ2v) is 12.6. The summed E-state index contributed by atoms with van der Waals surface area (Å²) in [5, 5.41) is 15.0. The number of carbonyl (C=O) groups excluding carboxylic acids is 1. The Morgan fingerprint density at radius 1 is 0.881 bits per heavy atom. The number of benzene rings is 2. The van der Waals surface area contributed by atoms with Gasteiger partial charge in [-0.1, -0.05) is 0 Å². The first-order valence-electron chi connectivity index (χ1n) is 15.8. The normalized spacial score (nSPS) is 23.2. The summed E-state index contributed by atoms with van der Waals surface area (Å²) in [7, 11) is 0. The van der Waals surface area contributed by atoms with Crippen LogP contribution in [0.25, 0.3) is 0 Å². The van der Waals surface area contributed by atoms with Crippen molar-refractivity contribution in [3.8, 4) is 11.5 Å². The number of anilines is 2. The van der Waals surface area contributed by atoms with Crippen LogP contribution >= 0.6 is 0 Å². The largest absolute Gasteiger partial charge is 0.490 e. The molecule has 2 aromatic rings. The van der Waals surface area contributed by atoms with E-state index in [1.165, 1.54) is 6.07 Å². The van der Waals surface area contributed by atoms with Crippen molar-refractivity contribution in [2.24, 2.45) is 0 Å². The van der Waals surface area contributed by atoms with Crippen molar-refractivity contribution in [2.45, 2.75) is 56.8 Å². The van der Waals surface area contributed by atoms with Crippen molar-refractivity contribution >= 4 is 17.3 Å². The van der Waals surface area contributed by atoms with Crippen LogP contribution in [0.4, 0.5) is 15.8 Å². The maximum atomic E-state index is 14.4. The Labute approximate surface area is 247 Å². The summed E-state index contributed by atoms with van der Waals surface area (Å²) in [6, 6.07) is 10.8. The molecule has 5 N–H and O–H groups in total. The lowest BCUT2D eigenvalue weighted by molar-refractivity contribution is -0.655. The number of halogens is 1. The second-order valence-electron chi connectivity index (χ2n) is 12.6. The number of quaternary nitrogens is 2. The smallest absolute Gasteiger partial charge is 0.253 e. The van der Waals surface area contributed by atoms with Crippen molar-refractivity contribution in [1.29, 1.82) is 0 Å². The topological polar surface area (TPSA) is 98.7 Å². The highest BCUT2D eigenvalue weighted by Crippen LogP contribution is 2.35. The molecule has 9 nitrogen and oxygen atoms in total. The molecule has 0 aliphatic carbocycles.